The van der Waals surface area contributed by atoms with E-state index in [2.05, 4.69) is 0 Å². The van der Waals surface area contributed by atoms with Crippen molar-refractivity contribution in [3.63, 3.8) is 0 Å². The lowest BCUT2D eigenvalue weighted by Crippen LogP contribution is -1.84. The second-order valence-electron chi connectivity index (χ2n) is 6.16. The Hall–Kier alpha value is -3.66. The molecule has 0 aromatic heterocycles. The molecule has 0 amide bonds. The molecular formula is C22H16O4. The first-order chi connectivity index (χ1) is 12.5. The van der Waals surface area contributed by atoms with Crippen LogP contribution in [0.5, 0.6) is 23.0 Å². The monoisotopic (exact) mass is 344 g/mol. The van der Waals surface area contributed by atoms with E-state index in [0.717, 1.165) is 5.56 Å². The van der Waals surface area contributed by atoms with Crippen molar-refractivity contribution < 1.29 is 20.4 Å². The summed E-state index contributed by atoms with van der Waals surface area (Å²) in [4.78, 5) is 0. The highest BCUT2D eigenvalue weighted by molar-refractivity contribution is 6.05. The van der Waals surface area contributed by atoms with E-state index in [0.29, 0.717) is 27.1 Å². The Kier molecular flexibility index (Phi) is 3.66. The van der Waals surface area contributed by atoms with Gasteiger partial charge in [-0.2, -0.15) is 0 Å². The van der Waals surface area contributed by atoms with Crippen molar-refractivity contribution in [2.45, 2.75) is 0 Å². The SMILES string of the molecule is Oc1cc(O)c2cc3c(O)c(/C=C/c4ccccc4)c(O)cc3cc2c1. The number of aromatic hydroxyl groups is 4. The predicted molar refractivity (Wildman–Crippen MR) is 103 cm³/mol. The molecule has 0 saturated heterocycles. The first-order valence-corrected chi connectivity index (χ1v) is 8.10. The third-order valence-corrected chi connectivity index (χ3v) is 4.41. The van der Waals surface area contributed by atoms with E-state index in [1.54, 1.807) is 30.4 Å². The highest BCUT2D eigenvalue weighted by Crippen LogP contribution is 2.41. The number of rotatable bonds is 2. The molecule has 0 radical (unpaired) electrons. The molecule has 0 atom stereocenters. The molecule has 0 fully saturated rings. The molecule has 4 rings (SSSR count). The molecular weight excluding hydrogens is 328 g/mol. The Balaban J connectivity index is 1.92. The molecule has 0 aliphatic heterocycles. The lowest BCUT2D eigenvalue weighted by Gasteiger charge is -2.10. The molecule has 26 heavy (non-hydrogen) atoms. The van der Waals surface area contributed by atoms with E-state index >= 15 is 0 Å². The summed E-state index contributed by atoms with van der Waals surface area (Å²) < 4.78 is 0. The number of hydrogen-bond acceptors (Lipinski definition) is 4. The Labute approximate surface area is 149 Å². The summed E-state index contributed by atoms with van der Waals surface area (Å²) in [5, 5.41) is 43.0. The van der Waals surface area contributed by atoms with Crippen molar-refractivity contribution >= 4 is 33.7 Å². The van der Waals surface area contributed by atoms with Crippen LogP contribution in [0.4, 0.5) is 0 Å². The van der Waals surface area contributed by atoms with Crippen LogP contribution in [0.3, 0.4) is 0 Å². The topological polar surface area (TPSA) is 80.9 Å². The summed E-state index contributed by atoms with van der Waals surface area (Å²) in [6, 6.07) is 17.2. The smallest absolute Gasteiger partial charge is 0.134 e. The number of benzene rings is 4. The van der Waals surface area contributed by atoms with Crippen LogP contribution >= 0.6 is 0 Å². The van der Waals surface area contributed by atoms with Crippen molar-refractivity contribution in [3.8, 4) is 23.0 Å². The van der Waals surface area contributed by atoms with Crippen molar-refractivity contribution in [2.75, 3.05) is 0 Å². The average Bonchev–Trinajstić information content (AvgIpc) is 2.61. The van der Waals surface area contributed by atoms with Gasteiger partial charge in [0.05, 0.1) is 5.56 Å². The first-order valence-electron chi connectivity index (χ1n) is 8.10. The van der Waals surface area contributed by atoms with Gasteiger partial charge in [0.15, 0.2) is 0 Å². The summed E-state index contributed by atoms with van der Waals surface area (Å²) >= 11 is 0. The maximum atomic E-state index is 10.7. The van der Waals surface area contributed by atoms with Gasteiger partial charge in [-0.05, 0) is 46.7 Å². The molecule has 4 heteroatoms. The van der Waals surface area contributed by atoms with Crippen LogP contribution in [0.1, 0.15) is 11.1 Å². The number of phenols is 4. The molecule has 0 unspecified atom stereocenters. The van der Waals surface area contributed by atoms with E-state index in [9.17, 15) is 20.4 Å². The second-order valence-corrected chi connectivity index (χ2v) is 6.16. The fourth-order valence-corrected chi connectivity index (χ4v) is 3.12. The van der Waals surface area contributed by atoms with Gasteiger partial charge in [-0.15, -0.1) is 0 Å². The van der Waals surface area contributed by atoms with E-state index in [-0.39, 0.29) is 23.0 Å². The Morgan fingerprint density at radius 1 is 0.615 bits per heavy atom. The van der Waals surface area contributed by atoms with Gasteiger partial charge in [-0.1, -0.05) is 36.4 Å². The highest BCUT2D eigenvalue weighted by atomic mass is 16.3. The van der Waals surface area contributed by atoms with Crippen LogP contribution in [0.2, 0.25) is 0 Å². The second kappa shape index (κ2) is 6.01. The summed E-state index contributed by atoms with van der Waals surface area (Å²) in [5.74, 6) is -0.242. The predicted octanol–water partition coefficient (Wildman–Crippen LogP) is 4.99. The van der Waals surface area contributed by atoms with Crippen molar-refractivity contribution in [2.24, 2.45) is 0 Å². The minimum absolute atomic E-state index is 0.0501. The zero-order valence-corrected chi connectivity index (χ0v) is 13.7. The van der Waals surface area contributed by atoms with E-state index in [1.165, 1.54) is 12.1 Å². The molecule has 4 N–H and O–H groups in total. The first kappa shape index (κ1) is 15.8. The van der Waals surface area contributed by atoms with Crippen LogP contribution in [0.15, 0.2) is 60.7 Å². The van der Waals surface area contributed by atoms with Gasteiger partial charge in [0.2, 0.25) is 0 Å². The fraction of sp³-hybridized carbons (Fsp3) is 0. The molecule has 4 nitrogen and oxygen atoms in total. The summed E-state index contributed by atoms with van der Waals surface area (Å²) in [5.41, 5.74) is 1.25. The quantitative estimate of drug-likeness (QED) is 0.305. The van der Waals surface area contributed by atoms with Crippen molar-refractivity contribution in [1.29, 1.82) is 0 Å². The molecule has 128 valence electrons. The van der Waals surface area contributed by atoms with E-state index < -0.39 is 0 Å². The van der Waals surface area contributed by atoms with Gasteiger partial charge in [-0.3, -0.25) is 0 Å². The van der Waals surface area contributed by atoms with Crippen LogP contribution in [0, 0.1) is 0 Å². The zero-order valence-electron chi connectivity index (χ0n) is 13.7. The normalized spacial score (nSPS) is 11.5. The van der Waals surface area contributed by atoms with Gasteiger partial charge in [0.1, 0.15) is 23.0 Å². The Morgan fingerprint density at radius 2 is 1.35 bits per heavy atom. The largest absolute Gasteiger partial charge is 0.508 e. The summed E-state index contributed by atoms with van der Waals surface area (Å²) in [7, 11) is 0. The minimum Gasteiger partial charge on any atom is -0.508 e. The van der Waals surface area contributed by atoms with Crippen LogP contribution in [0.25, 0.3) is 33.7 Å². The third-order valence-electron chi connectivity index (χ3n) is 4.41. The standard InChI is InChI=1S/C22H16O4/c23-16-9-14-8-15-10-20(24)17(7-6-13-4-2-1-3-5-13)22(26)19(15)12-18(14)21(25)11-16/h1-12,23-26H/b7-6+. The number of fused-ring (bicyclic) bond motifs is 2. The van der Waals surface area contributed by atoms with Crippen molar-refractivity contribution in [3.05, 3.63) is 71.8 Å². The number of phenolic OH excluding ortho intramolecular Hbond substituents is 4. The Morgan fingerprint density at radius 3 is 2.12 bits per heavy atom. The number of hydrogen-bond donors (Lipinski definition) is 4. The van der Waals surface area contributed by atoms with Gasteiger partial charge in [-0.25, -0.2) is 0 Å². The van der Waals surface area contributed by atoms with Crippen LogP contribution in [-0.4, -0.2) is 20.4 Å². The maximum Gasteiger partial charge on any atom is 0.134 e. The van der Waals surface area contributed by atoms with Crippen molar-refractivity contribution in [1.82, 2.24) is 0 Å². The highest BCUT2D eigenvalue weighted by Gasteiger charge is 2.13. The summed E-state index contributed by atoms with van der Waals surface area (Å²) in [6.07, 6.45) is 3.46. The van der Waals surface area contributed by atoms with Crippen LogP contribution in [-0.2, 0) is 0 Å². The summed E-state index contributed by atoms with van der Waals surface area (Å²) in [6.45, 7) is 0. The maximum absolute atomic E-state index is 10.7. The van der Waals surface area contributed by atoms with Gasteiger partial charge < -0.3 is 20.4 Å². The Bertz CT molecular complexity index is 1160. The molecule has 0 bridgehead atoms. The molecule has 0 spiro atoms. The molecule has 0 aliphatic carbocycles. The van der Waals surface area contributed by atoms with Crippen LogP contribution < -0.4 is 0 Å². The van der Waals surface area contributed by atoms with E-state index in [4.69, 9.17) is 0 Å². The molecule has 0 heterocycles. The average molecular weight is 344 g/mol. The lowest BCUT2D eigenvalue weighted by molar-refractivity contribution is 0.453. The van der Waals surface area contributed by atoms with E-state index in [1.807, 2.05) is 30.3 Å². The molecule has 0 aliphatic rings. The lowest BCUT2D eigenvalue weighted by atomic mass is 9.98. The molecule has 4 aromatic carbocycles. The zero-order chi connectivity index (χ0) is 18.3. The fourth-order valence-electron chi connectivity index (χ4n) is 3.12. The molecule has 0 saturated carbocycles. The van der Waals surface area contributed by atoms with Gasteiger partial charge in [0.25, 0.3) is 0 Å². The van der Waals surface area contributed by atoms with Gasteiger partial charge >= 0.3 is 0 Å². The van der Waals surface area contributed by atoms with Gasteiger partial charge in [0, 0.05) is 16.8 Å². The molecule has 4 aromatic rings. The minimum atomic E-state index is -0.0734. The third kappa shape index (κ3) is 2.67.